The third-order valence-corrected chi connectivity index (χ3v) is 3.47. The number of aromatic nitrogens is 2. The van der Waals surface area contributed by atoms with Crippen LogP contribution in [-0.4, -0.2) is 9.97 Å². The summed E-state index contributed by atoms with van der Waals surface area (Å²) < 4.78 is 0. The average Bonchev–Trinajstić information content (AvgIpc) is 2.48. The first kappa shape index (κ1) is 13.5. The van der Waals surface area contributed by atoms with Gasteiger partial charge in [-0.05, 0) is 54.3 Å². The quantitative estimate of drug-likeness (QED) is 0.719. The van der Waals surface area contributed by atoms with Crippen LogP contribution < -0.4 is 0 Å². The van der Waals surface area contributed by atoms with E-state index < -0.39 is 0 Å². The second-order valence-corrected chi connectivity index (χ2v) is 5.36. The molecule has 0 aliphatic carbocycles. The van der Waals surface area contributed by atoms with Crippen molar-refractivity contribution in [2.75, 3.05) is 0 Å². The topological polar surface area (TPSA) is 25.8 Å². The highest BCUT2D eigenvalue weighted by molar-refractivity contribution is 5.34. The van der Waals surface area contributed by atoms with Crippen LogP contribution >= 0.6 is 0 Å². The van der Waals surface area contributed by atoms with Gasteiger partial charge in [-0.3, -0.25) is 9.97 Å². The maximum atomic E-state index is 4.41. The first-order chi connectivity index (χ1) is 10.3. The minimum Gasteiger partial charge on any atom is -0.265 e. The molecule has 21 heavy (non-hydrogen) atoms. The summed E-state index contributed by atoms with van der Waals surface area (Å²) in [6, 6.07) is 17.0. The summed E-state index contributed by atoms with van der Waals surface area (Å²) in [5.74, 6) is 0. The largest absolute Gasteiger partial charge is 0.265 e. The Morgan fingerprint density at radius 1 is 0.762 bits per heavy atom. The van der Waals surface area contributed by atoms with Crippen molar-refractivity contribution in [1.82, 2.24) is 9.97 Å². The van der Waals surface area contributed by atoms with E-state index in [1.807, 2.05) is 30.7 Å². The molecule has 2 heterocycles. The summed E-state index contributed by atoms with van der Waals surface area (Å²) in [6.45, 7) is 2.15. The highest BCUT2D eigenvalue weighted by Gasteiger charge is 2.02. The third-order valence-electron chi connectivity index (χ3n) is 3.47. The second kappa shape index (κ2) is 6.31. The van der Waals surface area contributed by atoms with Crippen molar-refractivity contribution in [2.45, 2.75) is 19.8 Å². The molecule has 3 aromatic rings. The van der Waals surface area contributed by atoms with Crippen molar-refractivity contribution in [2.24, 2.45) is 0 Å². The Morgan fingerprint density at radius 2 is 1.52 bits per heavy atom. The number of hydrogen-bond donors (Lipinski definition) is 0. The highest BCUT2D eigenvalue weighted by Crippen LogP contribution is 2.16. The van der Waals surface area contributed by atoms with E-state index >= 15 is 0 Å². The van der Waals surface area contributed by atoms with Gasteiger partial charge in [0.15, 0.2) is 0 Å². The van der Waals surface area contributed by atoms with Gasteiger partial charge in [-0.15, -0.1) is 0 Å². The van der Waals surface area contributed by atoms with Crippen LogP contribution in [0.15, 0.2) is 67.1 Å². The highest BCUT2D eigenvalue weighted by atomic mass is 14.7. The van der Waals surface area contributed by atoms with Crippen LogP contribution in [0.5, 0.6) is 0 Å². The number of nitrogens with zero attached hydrogens (tertiary/aromatic N) is 2. The van der Waals surface area contributed by atoms with E-state index in [2.05, 4.69) is 53.3 Å². The minimum atomic E-state index is 0.881. The molecule has 0 N–H and O–H groups in total. The van der Waals surface area contributed by atoms with Crippen LogP contribution in [-0.2, 0) is 12.8 Å². The van der Waals surface area contributed by atoms with E-state index in [0.29, 0.717) is 0 Å². The summed E-state index contributed by atoms with van der Waals surface area (Å²) in [4.78, 5) is 8.48. The summed E-state index contributed by atoms with van der Waals surface area (Å²) >= 11 is 0. The zero-order valence-corrected chi connectivity index (χ0v) is 12.2. The first-order valence-corrected chi connectivity index (χ1v) is 7.18. The van der Waals surface area contributed by atoms with Gasteiger partial charge in [0, 0.05) is 30.7 Å². The molecule has 104 valence electrons. The summed E-state index contributed by atoms with van der Waals surface area (Å²) in [5, 5.41) is 0. The number of rotatable bonds is 4. The molecule has 2 nitrogen and oxygen atoms in total. The second-order valence-electron chi connectivity index (χ2n) is 5.36. The van der Waals surface area contributed by atoms with Crippen LogP contribution in [0.4, 0.5) is 0 Å². The van der Waals surface area contributed by atoms with E-state index in [0.717, 1.165) is 18.5 Å². The van der Waals surface area contributed by atoms with E-state index in [9.17, 15) is 0 Å². The van der Waals surface area contributed by atoms with Crippen molar-refractivity contribution >= 4 is 0 Å². The molecular formula is C19H18N2. The SMILES string of the molecule is Cc1cc(Cc2ccncc2)cc(Cc2ccccn2)c1. The number of aryl methyl sites for hydroxylation is 1. The number of pyridine rings is 2. The van der Waals surface area contributed by atoms with Gasteiger partial charge in [0.25, 0.3) is 0 Å². The van der Waals surface area contributed by atoms with Gasteiger partial charge in [-0.1, -0.05) is 29.8 Å². The molecule has 0 aliphatic rings. The first-order valence-electron chi connectivity index (χ1n) is 7.18. The summed E-state index contributed by atoms with van der Waals surface area (Å²) in [6.07, 6.45) is 7.37. The predicted octanol–water partition coefficient (Wildman–Crippen LogP) is 3.97. The number of hydrogen-bond acceptors (Lipinski definition) is 2. The molecule has 0 fully saturated rings. The fourth-order valence-corrected chi connectivity index (χ4v) is 2.60. The average molecular weight is 274 g/mol. The molecule has 0 unspecified atom stereocenters. The zero-order chi connectivity index (χ0) is 14.5. The lowest BCUT2D eigenvalue weighted by Gasteiger charge is -2.08. The molecule has 2 heteroatoms. The van der Waals surface area contributed by atoms with Gasteiger partial charge in [-0.25, -0.2) is 0 Å². The van der Waals surface area contributed by atoms with E-state index in [-0.39, 0.29) is 0 Å². The van der Waals surface area contributed by atoms with Crippen LogP contribution in [0.25, 0.3) is 0 Å². The Bertz CT molecular complexity index is 646. The van der Waals surface area contributed by atoms with Gasteiger partial charge >= 0.3 is 0 Å². The van der Waals surface area contributed by atoms with Crippen LogP contribution in [0.2, 0.25) is 0 Å². The normalized spacial score (nSPS) is 10.5. The van der Waals surface area contributed by atoms with Crippen LogP contribution in [0.1, 0.15) is 27.9 Å². The summed E-state index contributed by atoms with van der Waals surface area (Å²) in [5.41, 5.74) is 6.36. The van der Waals surface area contributed by atoms with Gasteiger partial charge in [0.1, 0.15) is 0 Å². The van der Waals surface area contributed by atoms with Crippen molar-refractivity contribution in [3.05, 3.63) is 95.1 Å². The smallest absolute Gasteiger partial charge is 0.0447 e. The van der Waals surface area contributed by atoms with E-state index in [4.69, 9.17) is 0 Å². The van der Waals surface area contributed by atoms with Gasteiger partial charge in [0.2, 0.25) is 0 Å². The molecule has 0 saturated heterocycles. The van der Waals surface area contributed by atoms with Gasteiger partial charge in [0.05, 0.1) is 0 Å². The molecule has 0 atom stereocenters. The number of benzene rings is 1. The molecular weight excluding hydrogens is 256 g/mol. The summed E-state index contributed by atoms with van der Waals surface area (Å²) in [7, 11) is 0. The Morgan fingerprint density at radius 3 is 2.24 bits per heavy atom. The van der Waals surface area contributed by atoms with Crippen molar-refractivity contribution in [3.63, 3.8) is 0 Å². The predicted molar refractivity (Wildman–Crippen MR) is 85.3 cm³/mol. The maximum Gasteiger partial charge on any atom is 0.0447 e. The third kappa shape index (κ3) is 3.76. The minimum absolute atomic E-state index is 0.881. The Balaban J connectivity index is 1.83. The molecule has 0 saturated carbocycles. The molecule has 3 rings (SSSR count). The van der Waals surface area contributed by atoms with Gasteiger partial charge < -0.3 is 0 Å². The Kier molecular flexibility index (Phi) is 4.06. The maximum absolute atomic E-state index is 4.41. The molecule has 1 aromatic carbocycles. The molecule has 0 spiro atoms. The molecule has 0 radical (unpaired) electrons. The lowest BCUT2D eigenvalue weighted by Crippen LogP contribution is -1.95. The molecule has 0 aliphatic heterocycles. The van der Waals surface area contributed by atoms with Crippen molar-refractivity contribution < 1.29 is 0 Å². The zero-order valence-electron chi connectivity index (χ0n) is 12.2. The van der Waals surface area contributed by atoms with Gasteiger partial charge in [-0.2, -0.15) is 0 Å². The van der Waals surface area contributed by atoms with E-state index in [1.165, 1.54) is 22.3 Å². The Hall–Kier alpha value is -2.48. The van der Waals surface area contributed by atoms with Crippen molar-refractivity contribution in [3.8, 4) is 0 Å². The lowest BCUT2D eigenvalue weighted by molar-refractivity contribution is 1.06. The fraction of sp³-hybridized carbons (Fsp3) is 0.158. The van der Waals surface area contributed by atoms with E-state index in [1.54, 1.807) is 0 Å². The molecule has 0 amide bonds. The molecule has 0 bridgehead atoms. The standard InChI is InChI=1S/C19H18N2/c1-15-10-17(12-16-5-8-20-9-6-16)13-18(11-15)14-19-4-2-3-7-21-19/h2-11,13H,12,14H2,1H3. The fourth-order valence-electron chi connectivity index (χ4n) is 2.60. The van der Waals surface area contributed by atoms with Crippen LogP contribution in [0, 0.1) is 6.92 Å². The Labute approximate surface area is 125 Å². The van der Waals surface area contributed by atoms with Crippen molar-refractivity contribution in [1.29, 1.82) is 0 Å². The van der Waals surface area contributed by atoms with Crippen LogP contribution in [0.3, 0.4) is 0 Å². The monoisotopic (exact) mass is 274 g/mol. The lowest BCUT2D eigenvalue weighted by atomic mass is 9.98. The molecule has 2 aromatic heterocycles.